The lowest BCUT2D eigenvalue weighted by Crippen LogP contribution is -2.38. The first-order valence-electron chi connectivity index (χ1n) is 7.57. The van der Waals surface area contributed by atoms with Gasteiger partial charge in [-0.3, -0.25) is 9.10 Å². The van der Waals surface area contributed by atoms with E-state index in [1.54, 1.807) is 12.1 Å². The van der Waals surface area contributed by atoms with Crippen molar-refractivity contribution in [1.82, 2.24) is 0 Å². The molecule has 0 atom stereocenters. The number of para-hydroxylation sites is 1. The molecule has 0 spiro atoms. The van der Waals surface area contributed by atoms with Gasteiger partial charge in [-0.1, -0.05) is 42.0 Å². The fraction of sp³-hybridized carbons (Fsp3) is 0.278. The van der Waals surface area contributed by atoms with Crippen LogP contribution in [0.5, 0.6) is 0 Å². The molecule has 4 nitrogen and oxygen atoms in total. The number of aryl methyl sites for hydroxylation is 2. The van der Waals surface area contributed by atoms with Crippen molar-refractivity contribution < 1.29 is 13.2 Å². The van der Waals surface area contributed by atoms with Crippen LogP contribution < -0.4 is 4.31 Å². The topological polar surface area (TPSA) is 54.5 Å². The number of sulfonamides is 1. The second-order valence-corrected chi connectivity index (χ2v) is 7.85. The van der Waals surface area contributed by atoms with Crippen molar-refractivity contribution in [1.29, 1.82) is 0 Å². The summed E-state index contributed by atoms with van der Waals surface area (Å²) in [7, 11) is -3.53. The highest BCUT2D eigenvalue weighted by atomic mass is 32.2. The summed E-state index contributed by atoms with van der Waals surface area (Å²) in [5.74, 6) is -0.0552. The predicted molar refractivity (Wildman–Crippen MR) is 91.3 cm³/mol. The van der Waals surface area contributed by atoms with Crippen LogP contribution in [0.15, 0.2) is 42.5 Å². The van der Waals surface area contributed by atoms with Crippen molar-refractivity contribution in [3.05, 3.63) is 64.7 Å². The normalized spacial score (nSPS) is 14.7. The number of benzene rings is 2. The smallest absolute Gasteiger partial charge is 0.239 e. The van der Waals surface area contributed by atoms with E-state index in [0.29, 0.717) is 11.3 Å². The minimum absolute atomic E-state index is 0.00508. The predicted octanol–water partition coefficient (Wildman–Crippen LogP) is 3.23. The Morgan fingerprint density at radius 2 is 1.74 bits per heavy atom. The van der Waals surface area contributed by atoms with Crippen molar-refractivity contribution >= 4 is 21.5 Å². The number of ketones is 1. The molecule has 0 amide bonds. The monoisotopic (exact) mass is 329 g/mol. The van der Waals surface area contributed by atoms with E-state index < -0.39 is 10.0 Å². The third-order valence-electron chi connectivity index (χ3n) is 4.13. The molecule has 120 valence electrons. The summed E-state index contributed by atoms with van der Waals surface area (Å²) >= 11 is 0. The summed E-state index contributed by atoms with van der Waals surface area (Å²) in [4.78, 5) is 12.1. The van der Waals surface area contributed by atoms with Gasteiger partial charge in [0.25, 0.3) is 0 Å². The average molecular weight is 329 g/mol. The fourth-order valence-electron chi connectivity index (χ4n) is 2.92. The fourth-order valence-corrected chi connectivity index (χ4v) is 4.58. The minimum atomic E-state index is -3.53. The van der Waals surface area contributed by atoms with E-state index in [1.807, 2.05) is 44.2 Å². The Balaban J connectivity index is 2.00. The van der Waals surface area contributed by atoms with Crippen molar-refractivity contribution in [2.24, 2.45) is 0 Å². The first-order chi connectivity index (χ1) is 10.9. The first kappa shape index (κ1) is 15.7. The Bertz CT molecular complexity index is 854. The molecule has 2 aromatic carbocycles. The highest BCUT2D eigenvalue weighted by Crippen LogP contribution is 2.33. The van der Waals surface area contributed by atoms with Crippen LogP contribution in [0.3, 0.4) is 0 Å². The van der Waals surface area contributed by atoms with Gasteiger partial charge in [0.2, 0.25) is 10.0 Å². The number of carbonyl (C=O) groups excluding carboxylic acids is 1. The molecule has 5 heteroatoms. The molecule has 3 rings (SSSR count). The number of carbonyl (C=O) groups is 1. The van der Waals surface area contributed by atoms with Crippen LogP contribution in [0.2, 0.25) is 0 Å². The van der Waals surface area contributed by atoms with E-state index in [-0.39, 0.29) is 24.5 Å². The molecule has 2 aromatic rings. The zero-order valence-electron chi connectivity index (χ0n) is 13.2. The minimum Gasteiger partial charge on any atom is -0.294 e. The Hall–Kier alpha value is -2.14. The summed E-state index contributed by atoms with van der Waals surface area (Å²) in [6.07, 6.45) is 0.226. The third-order valence-corrected chi connectivity index (χ3v) is 5.87. The van der Waals surface area contributed by atoms with Crippen molar-refractivity contribution in [2.45, 2.75) is 26.0 Å². The van der Waals surface area contributed by atoms with Crippen LogP contribution in [0.1, 0.15) is 33.5 Å². The molecule has 0 aromatic heterocycles. The van der Waals surface area contributed by atoms with Gasteiger partial charge in [0.15, 0.2) is 5.78 Å². The average Bonchev–Trinajstić information content (AvgIpc) is 2.50. The Morgan fingerprint density at radius 3 is 2.43 bits per heavy atom. The number of hydrogen-bond acceptors (Lipinski definition) is 3. The highest BCUT2D eigenvalue weighted by Gasteiger charge is 2.32. The van der Waals surface area contributed by atoms with Gasteiger partial charge < -0.3 is 0 Å². The number of nitrogens with zero attached hydrogens (tertiary/aromatic N) is 1. The maximum atomic E-state index is 12.9. The Morgan fingerprint density at radius 1 is 1.04 bits per heavy atom. The van der Waals surface area contributed by atoms with Crippen molar-refractivity contribution in [3.63, 3.8) is 0 Å². The molecule has 0 saturated carbocycles. The molecule has 1 heterocycles. The molecule has 0 unspecified atom stereocenters. The molecule has 0 bridgehead atoms. The van der Waals surface area contributed by atoms with Gasteiger partial charge in [0, 0.05) is 18.5 Å². The molecule has 0 aliphatic carbocycles. The molecular weight excluding hydrogens is 310 g/mol. The lowest BCUT2D eigenvalue weighted by Gasteiger charge is -2.31. The standard InChI is InChI=1S/C18H19NO3S/c1-13-6-8-15(9-7-13)12-23(21,22)19-11-10-17(20)16-5-3-4-14(2)18(16)19/h3-9H,10-12H2,1-2H3. The quantitative estimate of drug-likeness (QED) is 0.869. The van der Waals surface area contributed by atoms with Gasteiger partial charge in [-0.05, 0) is 31.0 Å². The van der Waals surface area contributed by atoms with E-state index in [2.05, 4.69) is 0 Å². The van der Waals surface area contributed by atoms with Crippen LogP contribution >= 0.6 is 0 Å². The van der Waals surface area contributed by atoms with Gasteiger partial charge in [-0.2, -0.15) is 0 Å². The second kappa shape index (κ2) is 5.81. The lowest BCUT2D eigenvalue weighted by atomic mass is 9.99. The van der Waals surface area contributed by atoms with Crippen molar-refractivity contribution in [2.75, 3.05) is 10.8 Å². The SMILES string of the molecule is Cc1ccc(CS(=O)(=O)N2CCC(=O)c3cccc(C)c32)cc1. The number of Topliss-reactive ketones (excluding diaryl/α,β-unsaturated/α-hetero) is 1. The van der Waals surface area contributed by atoms with Gasteiger partial charge in [-0.25, -0.2) is 8.42 Å². The Kier molecular flexibility index (Phi) is 3.98. The summed E-state index contributed by atoms with van der Waals surface area (Å²) in [5.41, 5.74) is 3.70. The summed E-state index contributed by atoms with van der Waals surface area (Å²) < 4.78 is 27.2. The number of rotatable bonds is 3. The van der Waals surface area contributed by atoms with E-state index >= 15 is 0 Å². The van der Waals surface area contributed by atoms with Crippen molar-refractivity contribution in [3.8, 4) is 0 Å². The summed E-state index contributed by atoms with van der Waals surface area (Å²) in [5, 5.41) is 0. The molecule has 23 heavy (non-hydrogen) atoms. The molecule has 0 saturated heterocycles. The first-order valence-corrected chi connectivity index (χ1v) is 9.18. The van der Waals surface area contributed by atoms with Crippen LogP contribution in [0, 0.1) is 13.8 Å². The zero-order valence-corrected chi connectivity index (χ0v) is 14.1. The number of hydrogen-bond donors (Lipinski definition) is 0. The lowest BCUT2D eigenvalue weighted by molar-refractivity contribution is 0.0982. The molecule has 0 fully saturated rings. The number of anilines is 1. The summed E-state index contributed by atoms with van der Waals surface area (Å²) in [6, 6.07) is 12.8. The largest absolute Gasteiger partial charge is 0.294 e. The third kappa shape index (κ3) is 3.01. The van der Waals surface area contributed by atoms with Crippen LogP contribution in [-0.2, 0) is 15.8 Å². The molecule has 0 radical (unpaired) electrons. The highest BCUT2D eigenvalue weighted by molar-refractivity contribution is 7.92. The molecule has 1 aliphatic rings. The molecule has 0 N–H and O–H groups in total. The maximum absolute atomic E-state index is 12.9. The van der Waals surface area contributed by atoms with Gasteiger partial charge >= 0.3 is 0 Å². The zero-order chi connectivity index (χ0) is 16.6. The number of fused-ring (bicyclic) bond motifs is 1. The Labute approximate surface area is 136 Å². The van der Waals surface area contributed by atoms with E-state index in [4.69, 9.17) is 0 Å². The van der Waals surface area contributed by atoms with Gasteiger partial charge in [0.1, 0.15) is 0 Å². The van der Waals surface area contributed by atoms with E-state index in [9.17, 15) is 13.2 Å². The molecule has 1 aliphatic heterocycles. The van der Waals surface area contributed by atoms with Gasteiger partial charge in [-0.15, -0.1) is 0 Å². The van der Waals surface area contributed by atoms with E-state index in [0.717, 1.165) is 16.7 Å². The molecular formula is C18H19NO3S. The van der Waals surface area contributed by atoms with Crippen LogP contribution in [0.4, 0.5) is 5.69 Å². The van der Waals surface area contributed by atoms with Gasteiger partial charge in [0.05, 0.1) is 11.4 Å². The van der Waals surface area contributed by atoms with E-state index in [1.165, 1.54) is 4.31 Å². The van der Waals surface area contributed by atoms with Crippen LogP contribution in [0.25, 0.3) is 0 Å². The second-order valence-electron chi connectivity index (χ2n) is 5.96. The van der Waals surface area contributed by atoms with Crippen LogP contribution in [-0.4, -0.2) is 20.7 Å². The maximum Gasteiger partial charge on any atom is 0.239 e. The summed E-state index contributed by atoms with van der Waals surface area (Å²) in [6.45, 7) is 4.02.